The van der Waals surface area contributed by atoms with Gasteiger partial charge < -0.3 is 9.26 Å². The zero-order valence-electron chi connectivity index (χ0n) is 21.9. The second-order valence-corrected chi connectivity index (χ2v) is 10.4. The molecular formula is C27H31N9O2. The predicted molar refractivity (Wildman–Crippen MR) is 139 cm³/mol. The number of rotatable bonds is 8. The van der Waals surface area contributed by atoms with Gasteiger partial charge in [-0.3, -0.25) is 4.99 Å². The quantitative estimate of drug-likeness (QED) is 0.308. The Bertz CT molecular complexity index is 1420. The molecule has 1 aromatic carbocycles. The number of ether oxygens (including phenoxy) is 1. The summed E-state index contributed by atoms with van der Waals surface area (Å²) in [6.45, 7) is 6.03. The lowest BCUT2D eigenvalue weighted by Crippen LogP contribution is -2.14. The SMILES string of the molecule is Cc1nnnn1-c1ccc(Oc2ncnc3c2C=NC3CCC2CCC(c3nc(C(C)C)no3)CC2)cc1. The molecule has 4 heterocycles. The first-order valence-electron chi connectivity index (χ1n) is 13.3. The Hall–Kier alpha value is -4.02. The lowest BCUT2D eigenvalue weighted by molar-refractivity contribution is 0.257. The summed E-state index contributed by atoms with van der Waals surface area (Å²) < 4.78 is 13.3. The Morgan fingerprint density at radius 2 is 1.87 bits per heavy atom. The van der Waals surface area contributed by atoms with Gasteiger partial charge in [-0.25, -0.2) is 9.97 Å². The minimum Gasteiger partial charge on any atom is -0.438 e. The van der Waals surface area contributed by atoms with Crippen LogP contribution in [0.2, 0.25) is 0 Å². The maximum absolute atomic E-state index is 6.11. The normalized spacial score (nSPS) is 20.7. The Labute approximate surface area is 220 Å². The number of benzene rings is 1. The summed E-state index contributed by atoms with van der Waals surface area (Å²) in [5.41, 5.74) is 2.66. The zero-order chi connectivity index (χ0) is 26.1. The van der Waals surface area contributed by atoms with E-state index in [1.165, 1.54) is 12.8 Å². The van der Waals surface area contributed by atoms with Crippen molar-refractivity contribution in [1.29, 1.82) is 0 Å². The number of fused-ring (bicyclic) bond motifs is 1. The summed E-state index contributed by atoms with van der Waals surface area (Å²) in [7, 11) is 0. The van der Waals surface area contributed by atoms with Crippen LogP contribution in [0.15, 0.2) is 40.1 Å². The lowest BCUT2D eigenvalue weighted by atomic mass is 9.79. The molecule has 1 unspecified atom stereocenters. The second-order valence-electron chi connectivity index (χ2n) is 10.4. The Morgan fingerprint density at radius 1 is 1.05 bits per heavy atom. The molecule has 6 rings (SSSR count). The third-order valence-electron chi connectivity index (χ3n) is 7.52. The summed E-state index contributed by atoms with van der Waals surface area (Å²) in [4.78, 5) is 18.3. The fraction of sp³-hybridized carbons (Fsp3) is 0.481. The molecule has 38 heavy (non-hydrogen) atoms. The number of aliphatic imine (C=N–C) groups is 1. The van der Waals surface area contributed by atoms with Crippen molar-refractivity contribution in [2.75, 3.05) is 0 Å². The largest absolute Gasteiger partial charge is 0.438 e. The van der Waals surface area contributed by atoms with Crippen molar-refractivity contribution in [3.63, 3.8) is 0 Å². The molecule has 1 saturated carbocycles. The first-order chi connectivity index (χ1) is 18.5. The third kappa shape index (κ3) is 4.92. The molecule has 0 spiro atoms. The van der Waals surface area contributed by atoms with Gasteiger partial charge in [0.05, 0.1) is 23.0 Å². The van der Waals surface area contributed by atoms with E-state index in [9.17, 15) is 0 Å². The van der Waals surface area contributed by atoms with E-state index >= 15 is 0 Å². The summed E-state index contributed by atoms with van der Waals surface area (Å²) in [6.07, 6.45) is 10.0. The van der Waals surface area contributed by atoms with Crippen LogP contribution >= 0.6 is 0 Å². The summed E-state index contributed by atoms with van der Waals surface area (Å²) in [6, 6.07) is 7.62. The number of hydrogen-bond acceptors (Lipinski definition) is 10. The molecule has 1 aliphatic carbocycles. The minimum atomic E-state index is 0.0442. The summed E-state index contributed by atoms with van der Waals surface area (Å²) in [5, 5.41) is 15.8. The molecule has 11 heteroatoms. The van der Waals surface area contributed by atoms with Crippen LogP contribution in [0.5, 0.6) is 11.6 Å². The molecule has 0 saturated heterocycles. The van der Waals surface area contributed by atoms with Crippen LogP contribution in [-0.4, -0.2) is 46.5 Å². The number of aryl methyl sites for hydroxylation is 1. The maximum Gasteiger partial charge on any atom is 0.231 e. The van der Waals surface area contributed by atoms with E-state index < -0.39 is 0 Å². The molecule has 3 aromatic heterocycles. The number of hydrogen-bond donors (Lipinski definition) is 0. The van der Waals surface area contributed by atoms with Crippen molar-refractivity contribution >= 4 is 6.21 Å². The van der Waals surface area contributed by atoms with Gasteiger partial charge in [-0.2, -0.15) is 9.67 Å². The van der Waals surface area contributed by atoms with Crippen molar-refractivity contribution in [2.45, 2.75) is 77.2 Å². The van der Waals surface area contributed by atoms with Gasteiger partial charge in [0.1, 0.15) is 12.1 Å². The second kappa shape index (κ2) is 10.4. The topological polar surface area (TPSA) is 130 Å². The fourth-order valence-electron chi connectivity index (χ4n) is 5.28. The molecule has 4 aromatic rings. The molecule has 0 amide bonds. The van der Waals surface area contributed by atoms with Crippen molar-refractivity contribution in [2.24, 2.45) is 10.9 Å². The monoisotopic (exact) mass is 513 g/mol. The molecule has 1 aliphatic heterocycles. The van der Waals surface area contributed by atoms with Crippen LogP contribution in [0.3, 0.4) is 0 Å². The Kier molecular flexibility index (Phi) is 6.65. The number of nitrogens with zero attached hydrogens (tertiary/aromatic N) is 9. The van der Waals surface area contributed by atoms with Gasteiger partial charge in [-0.15, -0.1) is 5.10 Å². The molecule has 0 N–H and O–H groups in total. The van der Waals surface area contributed by atoms with E-state index in [-0.39, 0.29) is 6.04 Å². The van der Waals surface area contributed by atoms with Gasteiger partial charge in [0.2, 0.25) is 11.8 Å². The average Bonchev–Trinajstić information content (AvgIpc) is 3.69. The highest BCUT2D eigenvalue weighted by molar-refractivity contribution is 5.87. The molecule has 2 aliphatic rings. The van der Waals surface area contributed by atoms with E-state index in [1.807, 2.05) is 37.4 Å². The fourth-order valence-corrected chi connectivity index (χ4v) is 5.28. The Balaban J connectivity index is 1.04. The van der Waals surface area contributed by atoms with Gasteiger partial charge in [0.25, 0.3) is 0 Å². The highest BCUT2D eigenvalue weighted by Gasteiger charge is 2.29. The smallest absolute Gasteiger partial charge is 0.231 e. The average molecular weight is 514 g/mol. The van der Waals surface area contributed by atoms with Gasteiger partial charge in [0.15, 0.2) is 11.6 Å². The molecule has 0 radical (unpaired) electrons. The lowest BCUT2D eigenvalue weighted by Gasteiger charge is -2.26. The molecule has 0 bridgehead atoms. The van der Waals surface area contributed by atoms with Gasteiger partial charge >= 0.3 is 0 Å². The molecular weight excluding hydrogens is 482 g/mol. The van der Waals surface area contributed by atoms with Crippen molar-refractivity contribution in [1.82, 2.24) is 40.3 Å². The van der Waals surface area contributed by atoms with Crippen LogP contribution in [0, 0.1) is 12.8 Å². The summed E-state index contributed by atoms with van der Waals surface area (Å²) in [5.74, 6) is 4.89. The van der Waals surface area contributed by atoms with Crippen molar-refractivity contribution < 1.29 is 9.26 Å². The summed E-state index contributed by atoms with van der Waals surface area (Å²) >= 11 is 0. The van der Waals surface area contributed by atoms with Crippen LogP contribution < -0.4 is 4.74 Å². The molecule has 11 nitrogen and oxygen atoms in total. The highest BCUT2D eigenvalue weighted by Crippen LogP contribution is 2.40. The van der Waals surface area contributed by atoms with Crippen LogP contribution in [0.1, 0.15) is 99.0 Å². The van der Waals surface area contributed by atoms with Gasteiger partial charge in [0, 0.05) is 18.1 Å². The predicted octanol–water partition coefficient (Wildman–Crippen LogP) is 5.29. The molecule has 196 valence electrons. The van der Waals surface area contributed by atoms with E-state index in [2.05, 4.69) is 49.5 Å². The zero-order valence-corrected chi connectivity index (χ0v) is 21.9. The van der Waals surface area contributed by atoms with Crippen molar-refractivity contribution in [3.05, 3.63) is 59.4 Å². The molecule has 1 atom stereocenters. The number of tetrazole rings is 1. The van der Waals surface area contributed by atoms with E-state index in [0.717, 1.165) is 60.2 Å². The minimum absolute atomic E-state index is 0.0442. The highest BCUT2D eigenvalue weighted by atomic mass is 16.5. The van der Waals surface area contributed by atoms with Crippen LogP contribution in [-0.2, 0) is 0 Å². The van der Waals surface area contributed by atoms with Gasteiger partial charge in [-0.05, 0) is 86.1 Å². The first-order valence-corrected chi connectivity index (χ1v) is 13.3. The first kappa shape index (κ1) is 24.3. The maximum atomic E-state index is 6.11. The van der Waals surface area contributed by atoms with E-state index in [0.29, 0.717) is 29.4 Å². The Morgan fingerprint density at radius 3 is 2.58 bits per heavy atom. The van der Waals surface area contributed by atoms with E-state index in [4.69, 9.17) is 14.3 Å². The van der Waals surface area contributed by atoms with Crippen molar-refractivity contribution in [3.8, 4) is 17.3 Å². The van der Waals surface area contributed by atoms with Crippen LogP contribution in [0.4, 0.5) is 0 Å². The van der Waals surface area contributed by atoms with Crippen LogP contribution in [0.25, 0.3) is 5.69 Å². The third-order valence-corrected chi connectivity index (χ3v) is 7.52. The van der Waals surface area contributed by atoms with Gasteiger partial charge in [-0.1, -0.05) is 19.0 Å². The number of aromatic nitrogens is 8. The van der Waals surface area contributed by atoms with E-state index in [1.54, 1.807) is 11.0 Å². The molecule has 1 fully saturated rings. The standard InChI is InChI=1S/C27H31N9O2/c1-16(2)25-31-26(38-33-25)19-7-4-18(5-8-19)6-13-23-24-22(14-28-23)27(30-15-29-24)37-21-11-9-20(10-12-21)36-17(3)32-34-35-36/h9-12,14-16,18-19,23H,4-8,13H2,1-3H3.